The summed E-state index contributed by atoms with van der Waals surface area (Å²) in [5, 5.41) is 38.1. The molecule has 0 aliphatic heterocycles. The minimum Gasteiger partial charge on any atom is -0.370 e. The summed E-state index contributed by atoms with van der Waals surface area (Å²) in [5.41, 5.74) is 9.98. The van der Waals surface area contributed by atoms with E-state index in [0.717, 1.165) is 38.8 Å². The fraction of sp³-hybridized carbons (Fsp3) is 0.667. The Balaban J connectivity index is -0.000000154. The van der Waals surface area contributed by atoms with Crippen LogP contribution >= 0.6 is 24.8 Å². The molecule has 0 saturated heterocycles. The molecule has 0 atom stereocenters. The average Bonchev–Trinajstić information content (AvgIpc) is 2.38. The number of nitrogens with one attached hydrogen (secondary N) is 8. The summed E-state index contributed by atoms with van der Waals surface area (Å²) >= 11 is 0. The summed E-state index contributed by atoms with van der Waals surface area (Å²) in [7, 11) is 0. The molecule has 0 bridgehead atoms. The number of rotatable bonds is 6. The Hall–Kier alpha value is -1.94. The Morgan fingerprint density at radius 3 is 1.21 bits per heavy atom. The van der Waals surface area contributed by atoms with Gasteiger partial charge in [-0.15, -0.1) is 24.8 Å². The lowest BCUT2D eigenvalue weighted by Crippen LogP contribution is -2.43. The molecule has 0 aromatic heterocycles. The van der Waals surface area contributed by atoms with Crippen LogP contribution in [0.15, 0.2) is 0 Å². The Kier molecular flexibility index (Phi) is 26.3. The van der Waals surface area contributed by atoms with E-state index in [2.05, 4.69) is 35.1 Å². The van der Waals surface area contributed by atoms with Gasteiger partial charge in [-0.25, -0.2) is 0 Å². The first-order valence-electron chi connectivity index (χ1n) is 7.20. The van der Waals surface area contributed by atoms with Gasteiger partial charge in [0.15, 0.2) is 23.8 Å². The van der Waals surface area contributed by atoms with Gasteiger partial charge in [0, 0.05) is 13.1 Å². The van der Waals surface area contributed by atoms with Crippen molar-refractivity contribution in [2.24, 2.45) is 11.5 Å². The van der Waals surface area contributed by atoms with Gasteiger partial charge in [0.25, 0.3) is 0 Å². The van der Waals surface area contributed by atoms with Crippen molar-refractivity contribution in [2.45, 2.75) is 39.5 Å². The van der Waals surface area contributed by atoms with E-state index in [1.807, 2.05) is 0 Å². The van der Waals surface area contributed by atoms with Crippen molar-refractivity contribution >= 4 is 48.7 Å². The summed E-state index contributed by atoms with van der Waals surface area (Å²) in [4.78, 5) is 0. The van der Waals surface area contributed by atoms with Crippen LogP contribution in [-0.4, -0.2) is 36.9 Å². The molecule has 0 aliphatic carbocycles. The van der Waals surface area contributed by atoms with E-state index in [4.69, 9.17) is 33.1 Å². The molecule has 12 N–H and O–H groups in total. The molecule has 0 unspecified atom stereocenters. The minimum atomic E-state index is -0.209. The Bertz CT molecular complexity index is 328. The van der Waals surface area contributed by atoms with Gasteiger partial charge < -0.3 is 22.1 Å². The lowest BCUT2D eigenvalue weighted by molar-refractivity contribution is 0.744. The Morgan fingerprint density at radius 1 is 0.708 bits per heavy atom. The van der Waals surface area contributed by atoms with Crippen LogP contribution in [0.4, 0.5) is 0 Å². The van der Waals surface area contributed by atoms with Crippen molar-refractivity contribution in [3.63, 3.8) is 0 Å². The molecule has 0 aromatic carbocycles. The van der Waals surface area contributed by atoms with Crippen LogP contribution in [0.25, 0.3) is 0 Å². The summed E-state index contributed by atoms with van der Waals surface area (Å²) in [6.07, 6.45) is 4.20. The lowest BCUT2D eigenvalue weighted by atomic mass is 10.3. The van der Waals surface area contributed by atoms with Crippen molar-refractivity contribution in [3.8, 4) is 0 Å². The van der Waals surface area contributed by atoms with Crippen LogP contribution in [0.1, 0.15) is 39.5 Å². The maximum absolute atomic E-state index is 7.15. The van der Waals surface area contributed by atoms with Crippen molar-refractivity contribution in [1.82, 2.24) is 21.3 Å². The molecule has 0 spiro atoms. The number of hydrogen-bond acceptors (Lipinski definition) is 4. The summed E-state index contributed by atoms with van der Waals surface area (Å²) in [5.74, 6) is -0.241. The van der Waals surface area contributed by atoms with Crippen molar-refractivity contribution in [1.29, 1.82) is 21.6 Å². The van der Waals surface area contributed by atoms with Crippen LogP contribution in [-0.2, 0) is 0 Å². The smallest absolute Gasteiger partial charge is 0.195 e. The van der Waals surface area contributed by atoms with Gasteiger partial charge in [-0.1, -0.05) is 26.7 Å². The topological polar surface area (TPSA) is 196 Å². The largest absolute Gasteiger partial charge is 0.370 e. The molecule has 0 fully saturated rings. The third-order valence-electron chi connectivity index (χ3n) is 2.18. The molecule has 12 heteroatoms. The number of unbranched alkanes of at least 4 members (excludes halogenated alkanes) is 2. The number of halogens is 2. The van der Waals surface area contributed by atoms with Gasteiger partial charge in [-0.2, -0.15) is 0 Å². The molecule has 0 saturated carbocycles. The zero-order valence-corrected chi connectivity index (χ0v) is 15.8. The predicted molar refractivity (Wildman–Crippen MR) is 106 cm³/mol. The van der Waals surface area contributed by atoms with E-state index >= 15 is 0 Å². The number of nitrogens with two attached hydrogens (primary N) is 2. The molecule has 10 nitrogen and oxygen atoms in total. The second-order valence-electron chi connectivity index (χ2n) is 4.39. The maximum atomic E-state index is 7.15. The van der Waals surface area contributed by atoms with Crippen LogP contribution in [0, 0.1) is 21.6 Å². The molecule has 144 valence electrons. The lowest BCUT2D eigenvalue weighted by Gasteiger charge is -2.07. The van der Waals surface area contributed by atoms with E-state index in [9.17, 15) is 0 Å². The molecule has 0 amide bonds. The second kappa shape index (κ2) is 21.1. The monoisotopic (exact) mass is 386 g/mol. The third kappa shape index (κ3) is 28.3. The summed E-state index contributed by atoms with van der Waals surface area (Å²) < 4.78 is 0. The van der Waals surface area contributed by atoms with Crippen LogP contribution in [0.5, 0.6) is 0 Å². The van der Waals surface area contributed by atoms with Crippen molar-refractivity contribution in [3.05, 3.63) is 0 Å². The molecular weight excluding hydrogens is 355 g/mol. The van der Waals surface area contributed by atoms with E-state index in [1.165, 1.54) is 0 Å². The molecule has 0 heterocycles. The quantitative estimate of drug-likeness (QED) is 0.178. The number of guanidine groups is 4. The van der Waals surface area contributed by atoms with Gasteiger partial charge in [0.05, 0.1) is 0 Å². The van der Waals surface area contributed by atoms with Crippen molar-refractivity contribution < 1.29 is 0 Å². The Labute approximate surface area is 156 Å². The van der Waals surface area contributed by atoms with Crippen LogP contribution in [0.2, 0.25) is 0 Å². The average molecular weight is 387 g/mol. The fourth-order valence-electron chi connectivity index (χ4n) is 1.14. The van der Waals surface area contributed by atoms with Gasteiger partial charge in [0.1, 0.15) is 0 Å². The van der Waals surface area contributed by atoms with Crippen LogP contribution in [0.3, 0.4) is 0 Å². The summed E-state index contributed by atoms with van der Waals surface area (Å²) in [6, 6.07) is 0. The van der Waals surface area contributed by atoms with E-state index in [-0.39, 0.29) is 48.7 Å². The normalized spacial score (nSPS) is 8.08. The highest BCUT2D eigenvalue weighted by Gasteiger charge is 1.94. The Morgan fingerprint density at radius 2 is 1.00 bits per heavy atom. The highest BCUT2D eigenvalue weighted by molar-refractivity contribution is 5.95. The zero-order valence-electron chi connectivity index (χ0n) is 14.2. The first-order valence-corrected chi connectivity index (χ1v) is 7.20. The van der Waals surface area contributed by atoms with Crippen molar-refractivity contribution in [2.75, 3.05) is 13.1 Å². The second-order valence-corrected chi connectivity index (χ2v) is 4.39. The third-order valence-corrected chi connectivity index (χ3v) is 2.18. The summed E-state index contributed by atoms with van der Waals surface area (Å²) in [6.45, 7) is 5.64. The van der Waals surface area contributed by atoms with Gasteiger partial charge >= 0.3 is 0 Å². The highest BCUT2D eigenvalue weighted by atomic mass is 35.5. The van der Waals surface area contributed by atoms with Gasteiger partial charge in [-0.3, -0.25) is 32.3 Å². The fourth-order valence-corrected chi connectivity index (χ4v) is 1.14. The molecule has 0 aromatic rings. The molecule has 0 aliphatic rings. The zero-order chi connectivity index (χ0) is 17.4. The van der Waals surface area contributed by atoms with Gasteiger partial charge in [0.2, 0.25) is 0 Å². The SMILES string of the molecule is CCCCNC(=N)NC(=N)N.CCCCNC(=N)NC(=N)N.Cl.Cl. The predicted octanol–water partition coefficient (Wildman–Crippen LogP) is 0.431. The molecule has 0 rings (SSSR count). The maximum Gasteiger partial charge on any atom is 0.195 e. The van der Waals surface area contributed by atoms with Gasteiger partial charge in [-0.05, 0) is 12.8 Å². The first-order chi connectivity index (χ1) is 10.3. The molecule has 0 radical (unpaired) electrons. The minimum absolute atomic E-state index is 0. The standard InChI is InChI=1S/2C6H15N5.2ClH/c2*1-2-3-4-10-6(9)11-5(7)8;;/h2*2-4H2,1H3,(H6,7,8,9,10,11);2*1H. The molecule has 24 heavy (non-hydrogen) atoms. The first kappa shape index (κ1) is 30.0. The van der Waals surface area contributed by atoms with E-state index in [1.54, 1.807) is 0 Å². The van der Waals surface area contributed by atoms with E-state index < -0.39 is 0 Å². The number of hydrogen-bond donors (Lipinski definition) is 10. The van der Waals surface area contributed by atoms with E-state index in [0.29, 0.717) is 0 Å². The molecular formula is C12H32Cl2N10. The highest BCUT2D eigenvalue weighted by Crippen LogP contribution is 1.81. The van der Waals surface area contributed by atoms with Crippen LogP contribution < -0.4 is 32.7 Å².